The van der Waals surface area contributed by atoms with E-state index in [9.17, 15) is 0 Å². The third kappa shape index (κ3) is 1.90. The standard InChI is InChI=1S/C7H7ClIN5/c1-3(9)12-6-4-5(11-2-10-4)13-7(8)14-6/h2-3H,1H3,(H2,10,11,12,13,14). The van der Waals surface area contributed by atoms with Gasteiger partial charge < -0.3 is 10.3 Å². The molecule has 14 heavy (non-hydrogen) atoms. The molecule has 0 spiro atoms. The van der Waals surface area contributed by atoms with Gasteiger partial charge in [-0.05, 0) is 18.5 Å². The van der Waals surface area contributed by atoms with Crippen LogP contribution in [0.2, 0.25) is 5.28 Å². The molecule has 0 aromatic carbocycles. The van der Waals surface area contributed by atoms with Crippen molar-refractivity contribution < 1.29 is 0 Å². The molecule has 0 aliphatic heterocycles. The largest absolute Gasteiger partial charge is 0.357 e. The number of hydrogen-bond acceptors (Lipinski definition) is 4. The molecule has 2 aromatic heterocycles. The van der Waals surface area contributed by atoms with Gasteiger partial charge in [0, 0.05) is 0 Å². The quantitative estimate of drug-likeness (QED) is 0.385. The lowest BCUT2D eigenvalue weighted by Gasteiger charge is -2.07. The van der Waals surface area contributed by atoms with Crippen molar-refractivity contribution in [2.75, 3.05) is 5.32 Å². The summed E-state index contributed by atoms with van der Waals surface area (Å²) in [6.07, 6.45) is 1.57. The van der Waals surface area contributed by atoms with Crippen LogP contribution in [0, 0.1) is 0 Å². The number of hydrogen-bond donors (Lipinski definition) is 2. The number of alkyl halides is 1. The number of rotatable bonds is 2. The van der Waals surface area contributed by atoms with E-state index in [0.29, 0.717) is 17.0 Å². The Morgan fingerprint density at radius 3 is 3.07 bits per heavy atom. The van der Waals surface area contributed by atoms with Gasteiger partial charge >= 0.3 is 0 Å². The maximum Gasteiger partial charge on any atom is 0.226 e. The molecule has 1 atom stereocenters. The molecule has 0 bridgehead atoms. The van der Waals surface area contributed by atoms with E-state index in [-0.39, 0.29) is 9.33 Å². The zero-order valence-electron chi connectivity index (χ0n) is 7.25. The SMILES string of the molecule is CC(I)Nc1nc(Cl)nc2[nH]cnc12. The number of imidazole rings is 1. The summed E-state index contributed by atoms with van der Waals surface area (Å²) >= 11 is 7.99. The normalized spacial score (nSPS) is 13.1. The summed E-state index contributed by atoms with van der Waals surface area (Å²) in [7, 11) is 0. The molecule has 5 nitrogen and oxygen atoms in total. The van der Waals surface area contributed by atoms with E-state index in [1.807, 2.05) is 6.92 Å². The first-order chi connectivity index (χ1) is 6.66. The molecule has 2 heterocycles. The lowest BCUT2D eigenvalue weighted by Crippen LogP contribution is -2.08. The maximum absolute atomic E-state index is 5.75. The number of fused-ring (bicyclic) bond motifs is 1. The summed E-state index contributed by atoms with van der Waals surface area (Å²) in [5.74, 6) is 0.656. The minimum Gasteiger partial charge on any atom is -0.357 e. The first-order valence-electron chi connectivity index (χ1n) is 3.94. The Hall–Kier alpha value is -0.630. The van der Waals surface area contributed by atoms with Crippen molar-refractivity contribution in [3.8, 4) is 0 Å². The van der Waals surface area contributed by atoms with Crippen molar-refractivity contribution in [3.63, 3.8) is 0 Å². The highest BCUT2D eigenvalue weighted by atomic mass is 127. The second-order valence-electron chi connectivity index (χ2n) is 2.70. The van der Waals surface area contributed by atoms with E-state index < -0.39 is 0 Å². The fraction of sp³-hybridized carbons (Fsp3) is 0.286. The molecular formula is C7H7ClIN5. The highest BCUT2D eigenvalue weighted by molar-refractivity contribution is 14.1. The van der Waals surface area contributed by atoms with Crippen molar-refractivity contribution in [2.24, 2.45) is 0 Å². The van der Waals surface area contributed by atoms with E-state index in [4.69, 9.17) is 11.6 Å². The van der Waals surface area contributed by atoms with Crippen LogP contribution in [0.4, 0.5) is 5.82 Å². The van der Waals surface area contributed by atoms with Crippen LogP contribution in [-0.2, 0) is 0 Å². The summed E-state index contributed by atoms with van der Waals surface area (Å²) in [4.78, 5) is 15.1. The first-order valence-corrected chi connectivity index (χ1v) is 5.56. The average molecular weight is 324 g/mol. The molecule has 0 aliphatic carbocycles. The predicted octanol–water partition coefficient (Wildman–Crippen LogP) is 2.20. The van der Waals surface area contributed by atoms with Crippen molar-refractivity contribution in [2.45, 2.75) is 11.0 Å². The molecular weight excluding hydrogens is 316 g/mol. The summed E-state index contributed by atoms with van der Waals surface area (Å²) in [6.45, 7) is 2.01. The van der Waals surface area contributed by atoms with Gasteiger partial charge in [-0.15, -0.1) is 0 Å². The molecule has 0 aliphatic rings. The zero-order valence-corrected chi connectivity index (χ0v) is 10.2. The molecule has 2 aromatic rings. The molecule has 0 fully saturated rings. The smallest absolute Gasteiger partial charge is 0.226 e. The second kappa shape index (κ2) is 3.85. The van der Waals surface area contributed by atoms with Crippen molar-refractivity contribution in [1.29, 1.82) is 0 Å². The molecule has 7 heteroatoms. The minimum absolute atomic E-state index is 0.210. The number of nitrogens with one attached hydrogen (secondary N) is 2. The average Bonchev–Trinajstić information content (AvgIpc) is 2.50. The van der Waals surface area contributed by atoms with Gasteiger partial charge in [0.15, 0.2) is 11.5 Å². The van der Waals surface area contributed by atoms with E-state index in [2.05, 4.69) is 47.8 Å². The van der Waals surface area contributed by atoms with Crippen molar-refractivity contribution >= 4 is 51.2 Å². The van der Waals surface area contributed by atoms with Gasteiger partial charge in [-0.1, -0.05) is 22.6 Å². The number of halogens is 2. The van der Waals surface area contributed by atoms with Crippen LogP contribution in [0.15, 0.2) is 6.33 Å². The van der Waals surface area contributed by atoms with Gasteiger partial charge in [0.1, 0.15) is 5.52 Å². The minimum atomic E-state index is 0.210. The van der Waals surface area contributed by atoms with Gasteiger partial charge in [0.2, 0.25) is 5.28 Å². The van der Waals surface area contributed by atoms with Gasteiger partial charge in [0.05, 0.1) is 10.4 Å². The summed E-state index contributed by atoms with van der Waals surface area (Å²) in [5.41, 5.74) is 1.35. The fourth-order valence-corrected chi connectivity index (χ4v) is 1.56. The molecule has 0 amide bonds. The van der Waals surface area contributed by atoms with Crippen LogP contribution >= 0.6 is 34.2 Å². The molecule has 1 unspecified atom stereocenters. The Morgan fingerprint density at radius 2 is 2.36 bits per heavy atom. The van der Waals surface area contributed by atoms with Gasteiger partial charge in [-0.25, -0.2) is 4.98 Å². The summed E-state index contributed by atoms with van der Waals surface area (Å²) in [5, 5.41) is 3.35. The van der Waals surface area contributed by atoms with Crippen molar-refractivity contribution in [1.82, 2.24) is 19.9 Å². The van der Waals surface area contributed by atoms with E-state index >= 15 is 0 Å². The molecule has 0 saturated heterocycles. The van der Waals surface area contributed by atoms with Crippen molar-refractivity contribution in [3.05, 3.63) is 11.6 Å². The number of H-pyrrole nitrogens is 1. The van der Waals surface area contributed by atoms with E-state index in [1.54, 1.807) is 6.33 Å². The molecule has 2 N–H and O–H groups in total. The zero-order chi connectivity index (χ0) is 10.1. The lowest BCUT2D eigenvalue weighted by atomic mass is 10.5. The fourth-order valence-electron chi connectivity index (χ4n) is 1.10. The number of anilines is 1. The molecule has 0 radical (unpaired) electrons. The Kier molecular flexibility index (Phi) is 2.73. The highest BCUT2D eigenvalue weighted by Crippen LogP contribution is 2.20. The Balaban J connectivity index is 2.55. The second-order valence-corrected chi connectivity index (χ2v) is 4.91. The molecule has 0 saturated carbocycles. The Morgan fingerprint density at radius 1 is 1.57 bits per heavy atom. The van der Waals surface area contributed by atoms with Gasteiger partial charge in [0.25, 0.3) is 0 Å². The van der Waals surface area contributed by atoms with Gasteiger partial charge in [-0.2, -0.15) is 9.97 Å². The topological polar surface area (TPSA) is 66.5 Å². The van der Waals surface area contributed by atoms with Crippen LogP contribution in [-0.4, -0.2) is 24.0 Å². The van der Waals surface area contributed by atoms with Crippen LogP contribution in [0.1, 0.15) is 6.92 Å². The predicted molar refractivity (Wildman–Crippen MR) is 63.8 cm³/mol. The monoisotopic (exact) mass is 323 g/mol. The van der Waals surface area contributed by atoms with Crippen LogP contribution in [0.3, 0.4) is 0 Å². The van der Waals surface area contributed by atoms with Crippen LogP contribution in [0.5, 0.6) is 0 Å². The maximum atomic E-state index is 5.75. The third-order valence-corrected chi connectivity index (χ3v) is 2.07. The number of aromatic nitrogens is 4. The van der Waals surface area contributed by atoms with Gasteiger partial charge in [-0.3, -0.25) is 0 Å². The van der Waals surface area contributed by atoms with E-state index in [0.717, 1.165) is 0 Å². The third-order valence-electron chi connectivity index (χ3n) is 1.59. The first kappa shape index (κ1) is 9.91. The molecule has 74 valence electrons. The highest BCUT2D eigenvalue weighted by Gasteiger charge is 2.09. The number of nitrogens with zero attached hydrogens (tertiary/aromatic N) is 3. The lowest BCUT2D eigenvalue weighted by molar-refractivity contribution is 1.11. The van der Waals surface area contributed by atoms with E-state index in [1.165, 1.54) is 0 Å². The summed E-state index contributed by atoms with van der Waals surface area (Å²) in [6, 6.07) is 0. The van der Waals surface area contributed by atoms with Crippen LogP contribution in [0.25, 0.3) is 11.2 Å². The van der Waals surface area contributed by atoms with Crippen LogP contribution < -0.4 is 5.32 Å². The Labute approximate surface area is 98.8 Å². The Bertz CT molecular complexity index is 454. The number of aromatic amines is 1. The summed E-state index contributed by atoms with van der Waals surface area (Å²) < 4.78 is 0.249. The molecule has 2 rings (SSSR count).